The molecule has 24 heavy (non-hydrogen) atoms. The molecule has 5 nitrogen and oxygen atoms in total. The molecule has 0 radical (unpaired) electrons. The molecule has 0 spiro atoms. The fourth-order valence-electron chi connectivity index (χ4n) is 3.61. The van der Waals surface area contributed by atoms with Crippen molar-refractivity contribution < 1.29 is 4.79 Å². The number of carbonyl (C=O) groups excluding carboxylic acids is 1. The minimum atomic E-state index is 0.196. The van der Waals surface area contributed by atoms with Crippen molar-refractivity contribution in [3.8, 4) is 0 Å². The Morgan fingerprint density at radius 3 is 2.83 bits per heavy atom. The lowest BCUT2D eigenvalue weighted by atomic mass is 10.0. The van der Waals surface area contributed by atoms with Gasteiger partial charge in [0, 0.05) is 30.1 Å². The Morgan fingerprint density at radius 2 is 2.08 bits per heavy atom. The normalized spacial score (nSPS) is 17.2. The number of aromatic nitrogens is 2. The molecule has 6 heteroatoms. The van der Waals surface area contributed by atoms with Gasteiger partial charge in [-0.1, -0.05) is 6.07 Å². The Hall–Kier alpha value is -1.95. The fourth-order valence-corrected chi connectivity index (χ4v) is 4.30. The van der Waals surface area contributed by atoms with Crippen LogP contribution in [0, 0.1) is 6.92 Å². The largest absolute Gasteiger partial charge is 0.356 e. The van der Waals surface area contributed by atoms with Crippen LogP contribution in [0.25, 0.3) is 0 Å². The number of fused-ring (bicyclic) bond motifs is 1. The van der Waals surface area contributed by atoms with Crippen molar-refractivity contribution in [2.24, 2.45) is 0 Å². The molecule has 0 unspecified atom stereocenters. The maximum Gasteiger partial charge on any atom is 0.228 e. The Balaban J connectivity index is 1.55. The number of aryl methyl sites for hydroxylation is 1. The number of carbonyl (C=O) groups is 1. The molecule has 0 saturated carbocycles. The standard InChI is InChI=1S/C18H22N4OS/c1-13-19-16-12-22(17(23)11-14-5-4-10-24-14)9-6-15(16)18(20-13)21-7-2-3-8-21/h4-5,10H,2-3,6-9,11-12H2,1H3. The van der Waals surface area contributed by atoms with E-state index in [4.69, 9.17) is 4.98 Å². The highest BCUT2D eigenvalue weighted by molar-refractivity contribution is 7.10. The van der Waals surface area contributed by atoms with Crippen LogP contribution in [0.15, 0.2) is 17.5 Å². The van der Waals surface area contributed by atoms with E-state index in [0.29, 0.717) is 13.0 Å². The van der Waals surface area contributed by atoms with Crippen molar-refractivity contribution in [2.45, 2.75) is 39.2 Å². The zero-order chi connectivity index (χ0) is 16.5. The van der Waals surface area contributed by atoms with Gasteiger partial charge in [-0.3, -0.25) is 4.79 Å². The van der Waals surface area contributed by atoms with Crippen LogP contribution >= 0.6 is 11.3 Å². The predicted octanol–water partition coefficient (Wildman–Crippen LogP) is 2.57. The summed E-state index contributed by atoms with van der Waals surface area (Å²) in [4.78, 5) is 27.4. The van der Waals surface area contributed by atoms with Gasteiger partial charge in [-0.2, -0.15) is 0 Å². The van der Waals surface area contributed by atoms with E-state index in [-0.39, 0.29) is 5.91 Å². The Morgan fingerprint density at radius 1 is 1.25 bits per heavy atom. The van der Waals surface area contributed by atoms with Crippen LogP contribution in [0.2, 0.25) is 0 Å². The van der Waals surface area contributed by atoms with E-state index in [1.54, 1.807) is 11.3 Å². The smallest absolute Gasteiger partial charge is 0.228 e. The molecule has 1 saturated heterocycles. The quantitative estimate of drug-likeness (QED) is 0.860. The van der Waals surface area contributed by atoms with Gasteiger partial charge in [0.25, 0.3) is 0 Å². The third kappa shape index (κ3) is 3.02. The second kappa shape index (κ2) is 6.51. The lowest BCUT2D eigenvalue weighted by molar-refractivity contribution is -0.131. The summed E-state index contributed by atoms with van der Waals surface area (Å²) < 4.78 is 0. The number of thiophene rings is 1. The fraction of sp³-hybridized carbons (Fsp3) is 0.500. The molecule has 4 heterocycles. The molecule has 2 aromatic heterocycles. The van der Waals surface area contributed by atoms with Crippen LogP contribution in [0.3, 0.4) is 0 Å². The highest BCUT2D eigenvalue weighted by atomic mass is 32.1. The van der Waals surface area contributed by atoms with E-state index in [2.05, 4.69) is 9.88 Å². The second-order valence-electron chi connectivity index (χ2n) is 6.54. The first-order chi connectivity index (χ1) is 11.7. The zero-order valence-corrected chi connectivity index (χ0v) is 14.8. The van der Waals surface area contributed by atoms with Crippen molar-refractivity contribution >= 4 is 23.1 Å². The maximum atomic E-state index is 12.6. The number of amides is 1. The van der Waals surface area contributed by atoms with Crippen LogP contribution in [-0.2, 0) is 24.2 Å². The molecule has 0 atom stereocenters. The number of nitrogens with zero attached hydrogens (tertiary/aromatic N) is 4. The molecule has 4 rings (SSSR count). The van der Waals surface area contributed by atoms with Crippen molar-refractivity contribution in [3.63, 3.8) is 0 Å². The summed E-state index contributed by atoms with van der Waals surface area (Å²) in [5, 5.41) is 2.02. The van der Waals surface area contributed by atoms with Gasteiger partial charge in [0.2, 0.25) is 5.91 Å². The zero-order valence-electron chi connectivity index (χ0n) is 14.0. The second-order valence-corrected chi connectivity index (χ2v) is 7.57. The SMILES string of the molecule is Cc1nc2c(c(N3CCCC3)n1)CCN(C(=O)Cc1cccs1)C2. The number of rotatable bonds is 3. The molecule has 0 aliphatic carbocycles. The molecule has 0 aromatic carbocycles. The highest BCUT2D eigenvalue weighted by Crippen LogP contribution is 2.29. The van der Waals surface area contributed by atoms with Gasteiger partial charge in [-0.05, 0) is 37.6 Å². The summed E-state index contributed by atoms with van der Waals surface area (Å²) in [6.45, 7) is 5.51. The van der Waals surface area contributed by atoms with Gasteiger partial charge >= 0.3 is 0 Å². The topological polar surface area (TPSA) is 49.3 Å². The molecule has 1 fully saturated rings. The van der Waals surface area contributed by atoms with E-state index < -0.39 is 0 Å². The lowest BCUT2D eigenvalue weighted by Crippen LogP contribution is -2.38. The highest BCUT2D eigenvalue weighted by Gasteiger charge is 2.27. The molecule has 2 aliphatic rings. The molecule has 1 amide bonds. The van der Waals surface area contributed by atoms with Crippen molar-refractivity contribution in [2.75, 3.05) is 24.5 Å². The number of anilines is 1. The Labute approximate surface area is 146 Å². The maximum absolute atomic E-state index is 12.6. The minimum absolute atomic E-state index is 0.196. The molecule has 0 N–H and O–H groups in total. The third-order valence-corrected chi connectivity index (χ3v) is 5.70. The van der Waals surface area contributed by atoms with Gasteiger partial charge in [0.15, 0.2) is 0 Å². The predicted molar refractivity (Wildman–Crippen MR) is 95.4 cm³/mol. The van der Waals surface area contributed by atoms with Gasteiger partial charge in [0.1, 0.15) is 11.6 Å². The van der Waals surface area contributed by atoms with E-state index >= 15 is 0 Å². The molecule has 2 aliphatic heterocycles. The molecular weight excluding hydrogens is 320 g/mol. The molecule has 126 valence electrons. The van der Waals surface area contributed by atoms with Crippen LogP contribution < -0.4 is 4.90 Å². The monoisotopic (exact) mass is 342 g/mol. The molecule has 2 aromatic rings. The number of hydrogen-bond acceptors (Lipinski definition) is 5. The van der Waals surface area contributed by atoms with E-state index in [9.17, 15) is 4.79 Å². The van der Waals surface area contributed by atoms with Crippen LogP contribution in [0.5, 0.6) is 0 Å². The van der Waals surface area contributed by atoms with E-state index in [1.165, 1.54) is 18.4 Å². The summed E-state index contributed by atoms with van der Waals surface area (Å²) in [5.41, 5.74) is 2.29. The van der Waals surface area contributed by atoms with Crippen molar-refractivity contribution in [1.29, 1.82) is 0 Å². The van der Waals surface area contributed by atoms with Crippen LogP contribution in [0.4, 0.5) is 5.82 Å². The van der Waals surface area contributed by atoms with Crippen molar-refractivity contribution in [1.82, 2.24) is 14.9 Å². The average molecular weight is 342 g/mol. The summed E-state index contributed by atoms with van der Waals surface area (Å²) in [7, 11) is 0. The minimum Gasteiger partial charge on any atom is -0.356 e. The Bertz CT molecular complexity index is 738. The lowest BCUT2D eigenvalue weighted by Gasteiger charge is -2.31. The van der Waals surface area contributed by atoms with Crippen LogP contribution in [0.1, 0.15) is 34.8 Å². The average Bonchev–Trinajstić information content (AvgIpc) is 3.27. The summed E-state index contributed by atoms with van der Waals surface area (Å²) in [6, 6.07) is 4.02. The number of hydrogen-bond donors (Lipinski definition) is 0. The first-order valence-electron chi connectivity index (χ1n) is 8.62. The van der Waals surface area contributed by atoms with Gasteiger partial charge < -0.3 is 9.80 Å². The first-order valence-corrected chi connectivity index (χ1v) is 9.50. The summed E-state index contributed by atoms with van der Waals surface area (Å²) in [6.07, 6.45) is 3.83. The van der Waals surface area contributed by atoms with E-state index in [0.717, 1.165) is 48.3 Å². The molecule has 0 bridgehead atoms. The van der Waals surface area contributed by atoms with Gasteiger partial charge in [-0.25, -0.2) is 9.97 Å². The molecular formula is C18H22N4OS. The van der Waals surface area contributed by atoms with Crippen LogP contribution in [-0.4, -0.2) is 40.4 Å². The van der Waals surface area contributed by atoms with E-state index in [1.807, 2.05) is 29.3 Å². The van der Waals surface area contributed by atoms with Crippen molar-refractivity contribution in [3.05, 3.63) is 39.5 Å². The summed E-state index contributed by atoms with van der Waals surface area (Å²) in [5.74, 6) is 2.12. The van der Waals surface area contributed by atoms with Gasteiger partial charge in [0.05, 0.1) is 18.7 Å². The summed E-state index contributed by atoms with van der Waals surface area (Å²) >= 11 is 1.64. The first kappa shape index (κ1) is 15.6. The Kier molecular flexibility index (Phi) is 4.22. The third-order valence-electron chi connectivity index (χ3n) is 4.82. The van der Waals surface area contributed by atoms with Gasteiger partial charge in [-0.15, -0.1) is 11.3 Å².